The minimum absolute atomic E-state index is 0.663. The number of nitrogens with zero attached hydrogens (tertiary/aromatic N) is 4. The highest BCUT2D eigenvalue weighted by Gasteiger charge is 2.00. The van der Waals surface area contributed by atoms with E-state index in [4.69, 9.17) is 0 Å². The molecule has 14 heavy (non-hydrogen) atoms. The van der Waals surface area contributed by atoms with Crippen LogP contribution >= 0.6 is 0 Å². The molecule has 2 rings (SSSR count). The van der Waals surface area contributed by atoms with Crippen LogP contribution in [0.2, 0.25) is 0 Å². The van der Waals surface area contributed by atoms with Crippen LogP contribution in [0.3, 0.4) is 0 Å². The molecule has 0 radical (unpaired) electrons. The standard InChI is InChI=1S/C9H9N5/c1-7-9(13-5-4-11-7)14-8-6-10-2-3-12-8/h2-6H,1H3,(H,12,13,14). The molecule has 1 N–H and O–H groups in total. The molecule has 0 unspecified atom stereocenters. The summed E-state index contributed by atoms with van der Waals surface area (Å²) in [5.41, 5.74) is 0.832. The van der Waals surface area contributed by atoms with Gasteiger partial charge in [0.15, 0.2) is 5.82 Å². The van der Waals surface area contributed by atoms with Crippen molar-refractivity contribution in [2.45, 2.75) is 6.92 Å². The van der Waals surface area contributed by atoms with E-state index in [9.17, 15) is 0 Å². The van der Waals surface area contributed by atoms with E-state index >= 15 is 0 Å². The Balaban J connectivity index is 2.24. The van der Waals surface area contributed by atoms with Gasteiger partial charge in [0, 0.05) is 24.8 Å². The summed E-state index contributed by atoms with van der Waals surface area (Å²) in [5.74, 6) is 1.36. The van der Waals surface area contributed by atoms with E-state index in [1.165, 1.54) is 0 Å². The average molecular weight is 187 g/mol. The lowest BCUT2D eigenvalue weighted by atomic mass is 10.4. The molecule has 0 aliphatic heterocycles. The molecule has 70 valence electrons. The lowest BCUT2D eigenvalue weighted by Gasteiger charge is -2.04. The summed E-state index contributed by atoms with van der Waals surface area (Å²) >= 11 is 0. The topological polar surface area (TPSA) is 63.6 Å². The number of hydrogen-bond acceptors (Lipinski definition) is 5. The molecule has 0 atom stereocenters. The Labute approximate surface area is 81.3 Å². The van der Waals surface area contributed by atoms with E-state index in [-0.39, 0.29) is 0 Å². The van der Waals surface area contributed by atoms with Crippen LogP contribution in [-0.4, -0.2) is 19.9 Å². The Morgan fingerprint density at radius 3 is 2.50 bits per heavy atom. The Morgan fingerprint density at radius 1 is 1.00 bits per heavy atom. The minimum atomic E-state index is 0.663. The van der Waals surface area contributed by atoms with Crippen LogP contribution in [-0.2, 0) is 0 Å². The smallest absolute Gasteiger partial charge is 0.153 e. The van der Waals surface area contributed by atoms with Crippen molar-refractivity contribution in [1.29, 1.82) is 0 Å². The molecular weight excluding hydrogens is 178 g/mol. The van der Waals surface area contributed by atoms with Crippen molar-refractivity contribution in [3.8, 4) is 0 Å². The maximum absolute atomic E-state index is 4.13. The van der Waals surface area contributed by atoms with Crippen molar-refractivity contribution >= 4 is 11.6 Å². The van der Waals surface area contributed by atoms with Crippen LogP contribution in [0, 0.1) is 6.92 Å². The van der Waals surface area contributed by atoms with Crippen molar-refractivity contribution in [2.24, 2.45) is 0 Å². The summed E-state index contributed by atoms with van der Waals surface area (Å²) in [6.45, 7) is 1.88. The zero-order valence-corrected chi connectivity index (χ0v) is 7.68. The average Bonchev–Trinajstić information content (AvgIpc) is 2.23. The highest BCUT2D eigenvalue weighted by atomic mass is 15.1. The minimum Gasteiger partial charge on any atom is -0.322 e. The third-order valence-electron chi connectivity index (χ3n) is 1.69. The van der Waals surface area contributed by atoms with Crippen molar-refractivity contribution < 1.29 is 0 Å². The van der Waals surface area contributed by atoms with E-state index in [0.29, 0.717) is 11.6 Å². The number of anilines is 2. The van der Waals surface area contributed by atoms with Gasteiger partial charge in [0.2, 0.25) is 0 Å². The fourth-order valence-corrected chi connectivity index (χ4v) is 1.02. The molecule has 0 aliphatic carbocycles. The fraction of sp³-hybridized carbons (Fsp3) is 0.111. The molecule has 5 heteroatoms. The van der Waals surface area contributed by atoms with E-state index < -0.39 is 0 Å². The highest BCUT2D eigenvalue weighted by molar-refractivity contribution is 5.51. The second-order valence-electron chi connectivity index (χ2n) is 2.71. The highest BCUT2D eigenvalue weighted by Crippen LogP contribution is 2.11. The van der Waals surface area contributed by atoms with E-state index in [2.05, 4.69) is 25.3 Å². The molecular formula is C9H9N5. The third kappa shape index (κ3) is 1.82. The van der Waals surface area contributed by atoms with Crippen molar-refractivity contribution in [1.82, 2.24) is 19.9 Å². The van der Waals surface area contributed by atoms with Crippen LogP contribution in [0.4, 0.5) is 11.6 Å². The van der Waals surface area contributed by atoms with Gasteiger partial charge in [-0.3, -0.25) is 9.97 Å². The van der Waals surface area contributed by atoms with Gasteiger partial charge < -0.3 is 5.32 Å². The normalized spacial score (nSPS) is 9.79. The lowest BCUT2D eigenvalue weighted by molar-refractivity contribution is 1.10. The number of aromatic nitrogens is 4. The molecule has 0 saturated heterocycles. The molecule has 2 aromatic rings. The third-order valence-corrected chi connectivity index (χ3v) is 1.69. The van der Waals surface area contributed by atoms with Crippen molar-refractivity contribution in [3.05, 3.63) is 36.7 Å². The zero-order valence-electron chi connectivity index (χ0n) is 7.68. The molecule has 0 aliphatic rings. The monoisotopic (exact) mass is 187 g/mol. The van der Waals surface area contributed by atoms with Gasteiger partial charge in [-0.15, -0.1) is 0 Å². The predicted octanol–water partition coefficient (Wildman–Crippen LogP) is 1.32. The fourth-order valence-electron chi connectivity index (χ4n) is 1.02. The van der Waals surface area contributed by atoms with Gasteiger partial charge in [0.05, 0.1) is 11.9 Å². The molecule has 0 fully saturated rings. The van der Waals surface area contributed by atoms with Gasteiger partial charge in [0.25, 0.3) is 0 Å². The molecule has 2 heterocycles. The summed E-state index contributed by atoms with van der Waals surface area (Å²) in [6, 6.07) is 0. The van der Waals surface area contributed by atoms with Crippen LogP contribution in [0.5, 0.6) is 0 Å². The Hall–Kier alpha value is -2.04. The second kappa shape index (κ2) is 3.78. The van der Waals surface area contributed by atoms with Gasteiger partial charge in [-0.25, -0.2) is 9.97 Å². The van der Waals surface area contributed by atoms with Crippen molar-refractivity contribution in [2.75, 3.05) is 5.32 Å². The van der Waals surface area contributed by atoms with E-state index in [1.807, 2.05) is 6.92 Å². The molecule has 0 spiro atoms. The number of nitrogens with one attached hydrogen (secondary N) is 1. The van der Waals surface area contributed by atoms with E-state index in [0.717, 1.165) is 5.69 Å². The summed E-state index contributed by atoms with van der Waals surface area (Å²) in [4.78, 5) is 16.2. The first-order valence-corrected chi connectivity index (χ1v) is 4.17. The first-order valence-electron chi connectivity index (χ1n) is 4.17. The number of aryl methyl sites for hydroxylation is 1. The molecule has 0 amide bonds. The van der Waals surface area contributed by atoms with Crippen molar-refractivity contribution in [3.63, 3.8) is 0 Å². The number of rotatable bonds is 2. The molecule has 0 bridgehead atoms. The lowest BCUT2D eigenvalue weighted by Crippen LogP contribution is -1.99. The maximum Gasteiger partial charge on any atom is 0.153 e. The van der Waals surface area contributed by atoms with Crippen LogP contribution in [0.1, 0.15) is 5.69 Å². The Morgan fingerprint density at radius 2 is 1.79 bits per heavy atom. The maximum atomic E-state index is 4.13. The summed E-state index contributed by atoms with van der Waals surface area (Å²) in [6.07, 6.45) is 8.15. The van der Waals surface area contributed by atoms with Gasteiger partial charge in [-0.2, -0.15) is 0 Å². The molecule has 5 nitrogen and oxygen atoms in total. The largest absolute Gasteiger partial charge is 0.322 e. The summed E-state index contributed by atoms with van der Waals surface area (Å²) < 4.78 is 0. The predicted molar refractivity (Wildman–Crippen MR) is 52.1 cm³/mol. The quantitative estimate of drug-likeness (QED) is 0.768. The Kier molecular flexibility index (Phi) is 2.31. The van der Waals surface area contributed by atoms with Crippen LogP contribution in [0.25, 0.3) is 0 Å². The van der Waals surface area contributed by atoms with Gasteiger partial charge in [-0.05, 0) is 6.92 Å². The van der Waals surface area contributed by atoms with Gasteiger partial charge in [-0.1, -0.05) is 0 Å². The van der Waals surface area contributed by atoms with Crippen LogP contribution in [0.15, 0.2) is 31.0 Å². The van der Waals surface area contributed by atoms with Gasteiger partial charge >= 0.3 is 0 Å². The molecule has 0 saturated carbocycles. The zero-order chi connectivity index (χ0) is 9.80. The van der Waals surface area contributed by atoms with E-state index in [1.54, 1.807) is 31.0 Å². The second-order valence-corrected chi connectivity index (χ2v) is 2.71. The SMILES string of the molecule is Cc1nccnc1Nc1cnccn1. The first-order chi connectivity index (χ1) is 6.86. The first kappa shape index (κ1) is 8.55. The molecule has 0 aromatic carbocycles. The summed E-state index contributed by atoms with van der Waals surface area (Å²) in [5, 5.41) is 3.02. The summed E-state index contributed by atoms with van der Waals surface area (Å²) in [7, 11) is 0. The number of hydrogen-bond donors (Lipinski definition) is 1. The van der Waals surface area contributed by atoms with Crippen LogP contribution < -0.4 is 5.32 Å². The molecule has 2 aromatic heterocycles. The Bertz CT molecular complexity index is 415. The van der Waals surface area contributed by atoms with Gasteiger partial charge in [0.1, 0.15) is 5.82 Å².